The van der Waals surface area contributed by atoms with Crippen LogP contribution in [0.25, 0.3) is 0 Å². The number of hydrogen-bond acceptors (Lipinski definition) is 3. The van der Waals surface area contributed by atoms with Gasteiger partial charge in [-0.3, -0.25) is 4.98 Å². The average molecular weight is 277 g/mol. The largest absolute Gasteiger partial charge is 0.366 e. The van der Waals surface area contributed by atoms with Crippen molar-refractivity contribution >= 4 is 28.7 Å². The molecular formula is C13H15N3S2. The molecule has 0 amide bonds. The topological polar surface area (TPSA) is 28.2 Å². The lowest BCUT2D eigenvalue weighted by atomic mass is 10.2. The Morgan fingerprint density at radius 3 is 2.89 bits per heavy atom. The monoisotopic (exact) mass is 277 g/mol. The standard InChI is InChI=1S/C13H15N3S2/c1-14-13(17)16(10-12-5-3-7-18-12)9-11-4-2-6-15-8-11/h2-8H,9-10H2,1H3,(H,14,17). The molecule has 2 heterocycles. The molecule has 0 saturated heterocycles. The third-order valence-electron chi connectivity index (χ3n) is 2.52. The molecule has 0 spiro atoms. The van der Waals surface area contributed by atoms with Crippen molar-refractivity contribution in [2.45, 2.75) is 13.1 Å². The van der Waals surface area contributed by atoms with Gasteiger partial charge < -0.3 is 10.2 Å². The quantitative estimate of drug-likeness (QED) is 0.870. The van der Waals surface area contributed by atoms with Crippen LogP contribution in [0, 0.1) is 0 Å². The van der Waals surface area contributed by atoms with Gasteiger partial charge in [0, 0.05) is 30.9 Å². The third kappa shape index (κ3) is 3.51. The molecule has 0 saturated carbocycles. The highest BCUT2D eigenvalue weighted by Gasteiger charge is 2.10. The summed E-state index contributed by atoms with van der Waals surface area (Å²) in [5.74, 6) is 0. The number of aromatic nitrogens is 1. The summed E-state index contributed by atoms with van der Waals surface area (Å²) in [6.07, 6.45) is 3.66. The van der Waals surface area contributed by atoms with Crippen molar-refractivity contribution in [1.29, 1.82) is 0 Å². The van der Waals surface area contributed by atoms with Gasteiger partial charge in [-0.1, -0.05) is 12.1 Å². The summed E-state index contributed by atoms with van der Waals surface area (Å²) in [5.41, 5.74) is 1.16. The number of rotatable bonds is 4. The van der Waals surface area contributed by atoms with Crippen molar-refractivity contribution in [3.63, 3.8) is 0 Å². The van der Waals surface area contributed by atoms with Crippen LogP contribution in [0.3, 0.4) is 0 Å². The fraction of sp³-hybridized carbons (Fsp3) is 0.231. The van der Waals surface area contributed by atoms with E-state index < -0.39 is 0 Å². The van der Waals surface area contributed by atoms with Gasteiger partial charge in [0.15, 0.2) is 5.11 Å². The maximum Gasteiger partial charge on any atom is 0.169 e. The number of pyridine rings is 1. The van der Waals surface area contributed by atoms with Crippen LogP contribution in [0.2, 0.25) is 0 Å². The zero-order valence-electron chi connectivity index (χ0n) is 10.2. The molecule has 0 aliphatic carbocycles. The minimum absolute atomic E-state index is 0.757. The van der Waals surface area contributed by atoms with E-state index in [-0.39, 0.29) is 0 Å². The molecule has 3 nitrogen and oxygen atoms in total. The summed E-state index contributed by atoms with van der Waals surface area (Å²) < 4.78 is 0. The van der Waals surface area contributed by atoms with Crippen molar-refractivity contribution in [3.8, 4) is 0 Å². The molecule has 1 N–H and O–H groups in total. The highest BCUT2D eigenvalue weighted by Crippen LogP contribution is 2.14. The van der Waals surface area contributed by atoms with E-state index in [9.17, 15) is 0 Å². The van der Waals surface area contributed by atoms with Gasteiger partial charge in [0.2, 0.25) is 0 Å². The number of thiophene rings is 1. The van der Waals surface area contributed by atoms with E-state index in [1.165, 1.54) is 4.88 Å². The van der Waals surface area contributed by atoms with E-state index in [1.807, 2.05) is 19.3 Å². The van der Waals surface area contributed by atoms with Gasteiger partial charge in [0.25, 0.3) is 0 Å². The van der Waals surface area contributed by atoms with Crippen LogP contribution in [0.15, 0.2) is 42.0 Å². The Labute approximate surface area is 116 Å². The van der Waals surface area contributed by atoms with Crippen LogP contribution in [0.5, 0.6) is 0 Å². The van der Waals surface area contributed by atoms with Gasteiger partial charge in [-0.2, -0.15) is 0 Å². The summed E-state index contributed by atoms with van der Waals surface area (Å²) in [6.45, 7) is 1.59. The fourth-order valence-electron chi connectivity index (χ4n) is 1.66. The first kappa shape index (κ1) is 13.0. The highest BCUT2D eigenvalue weighted by atomic mass is 32.1. The van der Waals surface area contributed by atoms with Crippen LogP contribution in [-0.4, -0.2) is 22.0 Å². The van der Waals surface area contributed by atoms with Gasteiger partial charge in [-0.25, -0.2) is 0 Å². The molecule has 5 heteroatoms. The minimum Gasteiger partial charge on any atom is -0.366 e. The van der Waals surface area contributed by atoms with Gasteiger partial charge in [0.1, 0.15) is 0 Å². The van der Waals surface area contributed by atoms with E-state index in [0.717, 1.165) is 23.8 Å². The molecule has 0 radical (unpaired) electrons. The second kappa shape index (κ2) is 6.47. The first-order valence-electron chi connectivity index (χ1n) is 5.67. The first-order valence-corrected chi connectivity index (χ1v) is 6.96. The van der Waals surface area contributed by atoms with Crippen molar-refractivity contribution in [3.05, 3.63) is 52.5 Å². The molecule has 0 bridgehead atoms. The Morgan fingerprint density at radius 1 is 1.39 bits per heavy atom. The van der Waals surface area contributed by atoms with E-state index in [2.05, 4.69) is 38.8 Å². The maximum atomic E-state index is 5.35. The molecule has 0 fully saturated rings. The first-order chi connectivity index (χ1) is 8.79. The summed E-state index contributed by atoms with van der Waals surface area (Å²) in [6, 6.07) is 8.19. The second-order valence-electron chi connectivity index (χ2n) is 3.85. The molecule has 2 rings (SSSR count). The molecule has 0 unspecified atom stereocenters. The van der Waals surface area contributed by atoms with E-state index >= 15 is 0 Å². The van der Waals surface area contributed by atoms with Gasteiger partial charge >= 0.3 is 0 Å². The normalized spacial score (nSPS) is 10.1. The Bertz CT molecular complexity index is 482. The van der Waals surface area contributed by atoms with Crippen LogP contribution in [0.1, 0.15) is 10.4 Å². The van der Waals surface area contributed by atoms with Gasteiger partial charge in [0.05, 0.1) is 6.54 Å². The number of hydrogen-bond donors (Lipinski definition) is 1. The summed E-state index contributed by atoms with van der Waals surface area (Å²) >= 11 is 7.09. The van der Waals surface area contributed by atoms with Gasteiger partial charge in [-0.15, -0.1) is 11.3 Å². The number of nitrogens with zero attached hydrogens (tertiary/aromatic N) is 2. The molecule has 18 heavy (non-hydrogen) atoms. The van der Waals surface area contributed by atoms with Crippen molar-refractivity contribution < 1.29 is 0 Å². The Morgan fingerprint density at radius 2 is 2.28 bits per heavy atom. The van der Waals surface area contributed by atoms with Crippen LogP contribution < -0.4 is 5.32 Å². The Balaban J connectivity index is 2.08. The molecule has 0 aliphatic rings. The molecular weight excluding hydrogens is 262 g/mol. The Hall–Kier alpha value is -1.46. The average Bonchev–Trinajstić information content (AvgIpc) is 2.91. The lowest BCUT2D eigenvalue weighted by molar-refractivity contribution is 0.405. The predicted octanol–water partition coefficient (Wildman–Crippen LogP) is 2.65. The lowest BCUT2D eigenvalue weighted by Crippen LogP contribution is -2.36. The minimum atomic E-state index is 0.757. The SMILES string of the molecule is CNC(=S)N(Cc1cccnc1)Cc1cccs1. The van der Waals surface area contributed by atoms with Crippen molar-refractivity contribution in [1.82, 2.24) is 15.2 Å². The molecule has 94 valence electrons. The predicted molar refractivity (Wildman–Crippen MR) is 79.5 cm³/mol. The van der Waals surface area contributed by atoms with E-state index in [0.29, 0.717) is 0 Å². The van der Waals surface area contributed by atoms with Gasteiger partial charge in [-0.05, 0) is 35.3 Å². The van der Waals surface area contributed by atoms with Crippen LogP contribution in [-0.2, 0) is 13.1 Å². The van der Waals surface area contributed by atoms with Crippen LogP contribution >= 0.6 is 23.6 Å². The zero-order valence-corrected chi connectivity index (χ0v) is 11.8. The summed E-state index contributed by atoms with van der Waals surface area (Å²) in [5, 5.41) is 5.88. The zero-order chi connectivity index (χ0) is 12.8. The van der Waals surface area contributed by atoms with E-state index in [1.54, 1.807) is 17.5 Å². The summed E-state index contributed by atoms with van der Waals surface area (Å²) in [7, 11) is 1.85. The van der Waals surface area contributed by atoms with E-state index in [4.69, 9.17) is 12.2 Å². The smallest absolute Gasteiger partial charge is 0.169 e. The Kier molecular flexibility index (Phi) is 4.66. The highest BCUT2D eigenvalue weighted by molar-refractivity contribution is 7.80. The van der Waals surface area contributed by atoms with Crippen molar-refractivity contribution in [2.75, 3.05) is 7.05 Å². The van der Waals surface area contributed by atoms with Crippen LogP contribution in [0.4, 0.5) is 0 Å². The molecule has 0 atom stereocenters. The lowest BCUT2D eigenvalue weighted by Gasteiger charge is -2.24. The summed E-state index contributed by atoms with van der Waals surface area (Å²) in [4.78, 5) is 7.57. The molecule has 2 aromatic rings. The maximum absolute atomic E-state index is 5.35. The fourth-order valence-corrected chi connectivity index (χ4v) is 2.51. The molecule has 0 aliphatic heterocycles. The molecule has 0 aromatic carbocycles. The third-order valence-corrected chi connectivity index (χ3v) is 3.85. The number of thiocarbonyl (C=S) groups is 1. The second-order valence-corrected chi connectivity index (χ2v) is 5.27. The molecule has 2 aromatic heterocycles. The van der Waals surface area contributed by atoms with Crippen molar-refractivity contribution in [2.24, 2.45) is 0 Å². The number of nitrogens with one attached hydrogen (secondary N) is 1.